The van der Waals surface area contributed by atoms with Crippen LogP contribution in [0.5, 0.6) is 5.75 Å². The summed E-state index contributed by atoms with van der Waals surface area (Å²) in [5.41, 5.74) is -1.25. The molecule has 14 heteroatoms. The minimum atomic E-state index is -1.58. The number of carbonyl (C=O) groups excluding carboxylic acids is 5. The highest BCUT2D eigenvalue weighted by Gasteiger charge is 2.59. The lowest BCUT2D eigenvalue weighted by Crippen LogP contribution is -2.49. The first-order valence-corrected chi connectivity index (χ1v) is 14.1. The van der Waals surface area contributed by atoms with Crippen LogP contribution in [-0.2, 0) is 33.4 Å². The number of nitrogens with zero attached hydrogens (tertiary/aromatic N) is 1. The fourth-order valence-electron chi connectivity index (χ4n) is 5.35. The van der Waals surface area contributed by atoms with E-state index >= 15 is 0 Å². The van der Waals surface area contributed by atoms with Gasteiger partial charge in [0.25, 0.3) is 11.8 Å². The number of aliphatic hydroxyl groups excluding tert-OH is 2. The molecule has 3 fully saturated rings. The molecule has 0 radical (unpaired) electrons. The number of ketones is 1. The van der Waals surface area contributed by atoms with Gasteiger partial charge in [0.15, 0.2) is 11.9 Å². The predicted octanol–water partition coefficient (Wildman–Crippen LogP) is 0.894. The van der Waals surface area contributed by atoms with Gasteiger partial charge in [-0.2, -0.15) is 0 Å². The molecule has 3 saturated heterocycles. The van der Waals surface area contributed by atoms with Gasteiger partial charge in [-0.15, -0.1) is 0 Å². The zero-order valence-corrected chi connectivity index (χ0v) is 25.2. The minimum Gasteiger partial charge on any atom is -0.513 e. The number of allylic oxidation sites excluding steroid dienone is 1. The maximum Gasteiger partial charge on any atom is 0.339 e. The maximum absolute atomic E-state index is 13.9. The number of carbonyl (C=O) groups is 5. The molecule has 238 valence electrons. The summed E-state index contributed by atoms with van der Waals surface area (Å²) in [6.07, 6.45) is -3.74. The van der Waals surface area contributed by atoms with Gasteiger partial charge in [-0.25, -0.2) is 4.79 Å². The van der Waals surface area contributed by atoms with Crippen molar-refractivity contribution in [3.63, 3.8) is 0 Å². The molecule has 2 aromatic rings. The van der Waals surface area contributed by atoms with E-state index in [0.29, 0.717) is 17.4 Å². The summed E-state index contributed by atoms with van der Waals surface area (Å²) in [4.78, 5) is 66.4. The molecule has 2 amide bonds. The van der Waals surface area contributed by atoms with Crippen LogP contribution in [0.15, 0.2) is 53.7 Å². The predicted molar refractivity (Wildman–Crippen MR) is 156 cm³/mol. The standard InChI is InChI=1S/C31H33N3O11/c1-14-7-6-8-18-19(14)9-17(42-5)10-20(18)30(41)45-27(31(4)13-43-31)29(40)33-23(28(39)32-21(12-35)15(2)36)24-26(44-16(3)37)25(38)22-11-34(22)24/h6-10,12,22,25-27,35,38H,11,13H2,1-5H3,(H,32,39)(H,33,40). The summed E-state index contributed by atoms with van der Waals surface area (Å²) in [5.74, 6) is -3.95. The third-order valence-electron chi connectivity index (χ3n) is 7.98. The van der Waals surface area contributed by atoms with E-state index in [9.17, 15) is 34.2 Å². The average molecular weight is 624 g/mol. The molecule has 0 bridgehead atoms. The third-order valence-corrected chi connectivity index (χ3v) is 7.98. The van der Waals surface area contributed by atoms with Gasteiger partial charge in [0, 0.05) is 20.4 Å². The zero-order chi connectivity index (χ0) is 32.8. The number of methoxy groups -OCH3 is 1. The third kappa shape index (κ3) is 6.06. The van der Waals surface area contributed by atoms with Crippen LogP contribution in [-0.4, -0.2) is 94.9 Å². The van der Waals surface area contributed by atoms with Gasteiger partial charge in [-0.1, -0.05) is 18.2 Å². The molecular formula is C31H33N3O11. The first-order valence-electron chi connectivity index (χ1n) is 14.1. The second kappa shape index (κ2) is 11.9. The van der Waals surface area contributed by atoms with E-state index in [4.69, 9.17) is 18.9 Å². The van der Waals surface area contributed by atoms with Gasteiger partial charge in [0.05, 0.1) is 31.0 Å². The van der Waals surface area contributed by atoms with Crippen molar-refractivity contribution in [1.29, 1.82) is 0 Å². The number of nitrogens with one attached hydrogen (secondary N) is 2. The quantitative estimate of drug-likeness (QED) is 0.127. The van der Waals surface area contributed by atoms with Crippen LogP contribution in [0.25, 0.3) is 10.8 Å². The molecule has 0 saturated carbocycles. The van der Waals surface area contributed by atoms with Gasteiger partial charge >= 0.3 is 11.9 Å². The summed E-state index contributed by atoms with van der Waals surface area (Å²) in [6.45, 7) is 5.99. The van der Waals surface area contributed by atoms with Crippen LogP contribution in [0.4, 0.5) is 0 Å². The Hall–Kier alpha value is -4.95. The molecule has 5 unspecified atom stereocenters. The largest absolute Gasteiger partial charge is 0.513 e. The van der Waals surface area contributed by atoms with Crippen molar-refractivity contribution in [3.8, 4) is 5.75 Å². The number of aryl methyl sites for hydroxylation is 1. The number of Topliss-reactive ketones (excluding diaryl/α,β-unsaturated/α-hetero) is 1. The summed E-state index contributed by atoms with van der Waals surface area (Å²) in [7, 11) is 1.46. The Kier molecular flexibility index (Phi) is 8.29. The van der Waals surface area contributed by atoms with Crippen LogP contribution >= 0.6 is 0 Å². The topological polar surface area (TPSA) is 193 Å². The normalized spacial score (nSPS) is 25.1. The van der Waals surface area contributed by atoms with Crippen LogP contribution in [0.3, 0.4) is 0 Å². The molecule has 2 aromatic carbocycles. The molecule has 45 heavy (non-hydrogen) atoms. The number of epoxide rings is 1. The van der Waals surface area contributed by atoms with E-state index in [1.807, 2.05) is 13.0 Å². The van der Waals surface area contributed by atoms with E-state index in [0.717, 1.165) is 24.8 Å². The molecule has 0 aromatic heterocycles. The number of rotatable bonds is 10. The molecule has 0 aliphatic carbocycles. The van der Waals surface area contributed by atoms with Gasteiger partial charge in [0.1, 0.15) is 35.1 Å². The summed E-state index contributed by atoms with van der Waals surface area (Å²) in [5, 5.41) is 26.2. The van der Waals surface area contributed by atoms with Crippen molar-refractivity contribution < 1.29 is 53.1 Å². The first kappa shape index (κ1) is 31.5. The number of ether oxygens (including phenoxy) is 4. The average Bonchev–Trinajstić information content (AvgIpc) is 3.92. The van der Waals surface area contributed by atoms with Crippen molar-refractivity contribution in [3.05, 3.63) is 64.8 Å². The smallest absolute Gasteiger partial charge is 0.339 e. The number of hydrogen-bond donors (Lipinski definition) is 4. The molecule has 5 rings (SSSR count). The maximum atomic E-state index is 13.9. The Bertz CT molecular complexity index is 1680. The number of hydrogen-bond acceptors (Lipinski definition) is 12. The summed E-state index contributed by atoms with van der Waals surface area (Å²) >= 11 is 0. The van der Waals surface area contributed by atoms with E-state index in [1.165, 1.54) is 13.2 Å². The monoisotopic (exact) mass is 623 g/mol. The number of amides is 2. The molecule has 14 nitrogen and oxygen atoms in total. The number of piperidine rings is 1. The lowest BCUT2D eigenvalue weighted by Gasteiger charge is -2.25. The lowest BCUT2D eigenvalue weighted by atomic mass is 9.99. The van der Waals surface area contributed by atoms with Crippen LogP contribution in [0.2, 0.25) is 0 Å². The highest BCUT2D eigenvalue weighted by Crippen LogP contribution is 2.42. The van der Waals surface area contributed by atoms with E-state index in [2.05, 4.69) is 10.6 Å². The molecule has 0 spiro atoms. The summed E-state index contributed by atoms with van der Waals surface area (Å²) in [6, 6.07) is 8.16. The van der Waals surface area contributed by atoms with Crippen molar-refractivity contribution >= 4 is 40.3 Å². The van der Waals surface area contributed by atoms with Crippen molar-refractivity contribution in [2.45, 2.75) is 57.6 Å². The Labute approximate surface area is 257 Å². The molecular weight excluding hydrogens is 590 g/mol. The van der Waals surface area contributed by atoms with Crippen LogP contribution < -0.4 is 15.4 Å². The van der Waals surface area contributed by atoms with E-state index < -0.39 is 70.9 Å². The second-order valence-corrected chi connectivity index (χ2v) is 11.3. The molecule has 3 aliphatic rings. The zero-order valence-electron chi connectivity index (χ0n) is 25.2. The number of aliphatic hydroxyl groups is 2. The Morgan fingerprint density at radius 2 is 1.84 bits per heavy atom. The second-order valence-electron chi connectivity index (χ2n) is 11.3. The molecule has 4 N–H and O–H groups in total. The van der Waals surface area contributed by atoms with Crippen molar-refractivity contribution in [2.24, 2.45) is 0 Å². The fourth-order valence-corrected chi connectivity index (χ4v) is 5.35. The molecule has 3 heterocycles. The fraction of sp³-hybridized carbons (Fsp3) is 0.387. The van der Waals surface area contributed by atoms with Crippen LogP contribution in [0.1, 0.15) is 36.7 Å². The van der Waals surface area contributed by atoms with E-state index in [1.54, 1.807) is 30.0 Å². The SMILES string of the molecule is COc1cc(C(=O)OC(C(=O)NC(C(=O)NC(=CO)C(C)=O)=C2C(OC(C)=O)C(O)C3CN23)C2(C)CO2)c2cccc(C)c2c1. The van der Waals surface area contributed by atoms with Gasteiger partial charge in [0.2, 0.25) is 6.10 Å². The Morgan fingerprint density at radius 3 is 2.44 bits per heavy atom. The number of esters is 2. The Morgan fingerprint density at radius 1 is 1.13 bits per heavy atom. The van der Waals surface area contributed by atoms with Gasteiger partial charge in [-0.3, -0.25) is 19.2 Å². The lowest BCUT2D eigenvalue weighted by molar-refractivity contribution is -0.148. The van der Waals surface area contributed by atoms with Crippen LogP contribution in [0, 0.1) is 6.92 Å². The number of fused-ring (bicyclic) bond motifs is 2. The van der Waals surface area contributed by atoms with Gasteiger partial charge < -0.3 is 44.7 Å². The highest BCUT2D eigenvalue weighted by atomic mass is 16.6. The molecule has 3 aliphatic heterocycles. The van der Waals surface area contributed by atoms with E-state index in [-0.39, 0.29) is 24.4 Å². The van der Waals surface area contributed by atoms with Crippen molar-refractivity contribution in [1.82, 2.24) is 15.5 Å². The number of benzene rings is 2. The van der Waals surface area contributed by atoms with Gasteiger partial charge in [-0.05, 0) is 42.3 Å². The first-order chi connectivity index (χ1) is 21.3. The summed E-state index contributed by atoms with van der Waals surface area (Å²) < 4.78 is 21.9. The highest BCUT2D eigenvalue weighted by molar-refractivity contribution is 6.08. The van der Waals surface area contributed by atoms with Crippen molar-refractivity contribution in [2.75, 3.05) is 20.3 Å². The minimum absolute atomic E-state index is 0.0319. The molecule has 5 atom stereocenters. The Balaban J connectivity index is 1.51.